The first-order chi connectivity index (χ1) is 14.9. The Morgan fingerprint density at radius 1 is 1.10 bits per heavy atom. The third kappa shape index (κ3) is 4.66. The predicted molar refractivity (Wildman–Crippen MR) is 111 cm³/mol. The summed E-state index contributed by atoms with van der Waals surface area (Å²) in [4.78, 5) is 50.4. The second kappa shape index (κ2) is 9.29. The first kappa shape index (κ1) is 21.8. The third-order valence-corrected chi connectivity index (χ3v) is 4.92. The van der Waals surface area contributed by atoms with Crippen LogP contribution in [0.4, 0.5) is 10.5 Å². The molecule has 0 spiro atoms. The number of aliphatic carboxylic acids is 1. The molecular weight excluding hydrogens is 402 g/mol. The van der Waals surface area contributed by atoms with E-state index in [-0.39, 0.29) is 12.8 Å². The molecule has 0 bridgehead atoms. The molecule has 4 amide bonds. The summed E-state index contributed by atoms with van der Waals surface area (Å²) in [6.45, 7) is 1.70. The van der Waals surface area contributed by atoms with Gasteiger partial charge in [-0.15, -0.1) is 0 Å². The highest BCUT2D eigenvalue weighted by molar-refractivity contribution is 6.10. The van der Waals surface area contributed by atoms with Gasteiger partial charge < -0.3 is 20.5 Å². The zero-order chi connectivity index (χ0) is 22.4. The number of carboxylic acids is 1. The van der Waals surface area contributed by atoms with Gasteiger partial charge in [-0.05, 0) is 31.0 Å². The smallest absolute Gasteiger partial charge is 0.325 e. The van der Waals surface area contributed by atoms with Crippen molar-refractivity contribution < 1.29 is 29.0 Å². The van der Waals surface area contributed by atoms with Crippen LogP contribution in [-0.4, -0.2) is 47.0 Å². The van der Waals surface area contributed by atoms with Crippen molar-refractivity contribution in [2.24, 2.45) is 0 Å². The van der Waals surface area contributed by atoms with Gasteiger partial charge in [0.25, 0.3) is 5.91 Å². The number of benzene rings is 2. The van der Waals surface area contributed by atoms with E-state index < -0.39 is 35.9 Å². The van der Waals surface area contributed by atoms with E-state index in [2.05, 4.69) is 10.6 Å². The highest BCUT2D eigenvalue weighted by Crippen LogP contribution is 2.34. The number of anilines is 1. The van der Waals surface area contributed by atoms with Crippen molar-refractivity contribution >= 4 is 29.5 Å². The molecule has 0 saturated carbocycles. The molecule has 2 aromatic carbocycles. The molecular formula is C22H23N3O6. The van der Waals surface area contributed by atoms with Gasteiger partial charge in [0, 0.05) is 6.42 Å². The van der Waals surface area contributed by atoms with Gasteiger partial charge in [-0.3, -0.25) is 19.3 Å². The van der Waals surface area contributed by atoms with E-state index in [0.29, 0.717) is 23.6 Å². The Kier molecular flexibility index (Phi) is 6.54. The van der Waals surface area contributed by atoms with E-state index in [1.807, 2.05) is 6.92 Å². The van der Waals surface area contributed by atoms with Crippen LogP contribution in [0.25, 0.3) is 0 Å². The number of carbonyl (C=O) groups is 4. The molecule has 1 atom stereocenters. The summed E-state index contributed by atoms with van der Waals surface area (Å²) in [5.74, 6) is -1.88. The summed E-state index contributed by atoms with van der Waals surface area (Å²) in [6, 6.07) is 14.5. The number of imide groups is 1. The maximum absolute atomic E-state index is 13.3. The van der Waals surface area contributed by atoms with E-state index >= 15 is 0 Å². The van der Waals surface area contributed by atoms with Crippen molar-refractivity contribution in [3.8, 4) is 5.75 Å². The molecule has 1 unspecified atom stereocenters. The number of hydrogen-bond donors (Lipinski definition) is 3. The van der Waals surface area contributed by atoms with Crippen LogP contribution in [0.15, 0.2) is 54.6 Å². The van der Waals surface area contributed by atoms with E-state index in [4.69, 9.17) is 9.84 Å². The quantitative estimate of drug-likeness (QED) is 0.530. The number of nitrogens with one attached hydrogen (secondary N) is 2. The Hall–Kier alpha value is -3.88. The van der Waals surface area contributed by atoms with Crippen LogP contribution in [0.2, 0.25) is 0 Å². The number of hydrogen-bond acceptors (Lipinski definition) is 5. The fourth-order valence-corrected chi connectivity index (χ4v) is 3.48. The van der Waals surface area contributed by atoms with Gasteiger partial charge in [-0.25, -0.2) is 4.79 Å². The third-order valence-electron chi connectivity index (χ3n) is 4.92. The van der Waals surface area contributed by atoms with Crippen LogP contribution in [0.3, 0.4) is 0 Å². The molecule has 31 heavy (non-hydrogen) atoms. The van der Waals surface area contributed by atoms with Gasteiger partial charge in [-0.1, -0.05) is 42.5 Å². The van der Waals surface area contributed by atoms with Crippen molar-refractivity contribution in [3.05, 3.63) is 60.2 Å². The Balaban J connectivity index is 1.81. The number of carboxylic acid groups (broad SMARTS) is 1. The molecule has 2 aromatic rings. The van der Waals surface area contributed by atoms with E-state index in [1.54, 1.807) is 54.6 Å². The Labute approximate surface area is 179 Å². The van der Waals surface area contributed by atoms with Gasteiger partial charge in [0.1, 0.15) is 17.8 Å². The van der Waals surface area contributed by atoms with Crippen LogP contribution in [0.1, 0.15) is 25.3 Å². The molecule has 3 N–H and O–H groups in total. The van der Waals surface area contributed by atoms with Gasteiger partial charge in [0.05, 0.1) is 12.3 Å². The number of carbonyl (C=O) groups excluding carboxylic acids is 3. The molecule has 1 heterocycles. The molecule has 1 fully saturated rings. The van der Waals surface area contributed by atoms with Crippen LogP contribution < -0.4 is 15.4 Å². The first-order valence-corrected chi connectivity index (χ1v) is 9.80. The van der Waals surface area contributed by atoms with Crippen molar-refractivity contribution in [1.82, 2.24) is 10.2 Å². The molecule has 0 radical (unpaired) electrons. The Morgan fingerprint density at radius 2 is 1.77 bits per heavy atom. The molecule has 3 rings (SSSR count). The fourth-order valence-electron chi connectivity index (χ4n) is 3.48. The van der Waals surface area contributed by atoms with E-state index in [0.717, 1.165) is 4.90 Å². The van der Waals surface area contributed by atoms with Crippen LogP contribution >= 0.6 is 0 Å². The highest BCUT2D eigenvalue weighted by atomic mass is 16.5. The molecule has 1 saturated heterocycles. The van der Waals surface area contributed by atoms with Gasteiger partial charge in [0.2, 0.25) is 5.91 Å². The van der Waals surface area contributed by atoms with Gasteiger partial charge in [0.15, 0.2) is 0 Å². The lowest BCUT2D eigenvalue weighted by Gasteiger charge is -2.26. The molecule has 1 aliphatic heterocycles. The topological polar surface area (TPSA) is 125 Å². The summed E-state index contributed by atoms with van der Waals surface area (Å²) in [7, 11) is 0. The van der Waals surface area contributed by atoms with Crippen LogP contribution in [0, 0.1) is 0 Å². The predicted octanol–water partition coefficient (Wildman–Crippen LogP) is 2.34. The zero-order valence-corrected chi connectivity index (χ0v) is 17.0. The number of amides is 4. The zero-order valence-electron chi connectivity index (χ0n) is 17.0. The van der Waals surface area contributed by atoms with Crippen molar-refractivity contribution in [2.75, 3.05) is 18.5 Å². The van der Waals surface area contributed by atoms with Crippen LogP contribution in [0.5, 0.6) is 5.75 Å². The summed E-state index contributed by atoms with van der Waals surface area (Å²) < 4.78 is 5.47. The minimum absolute atomic E-state index is 0.137. The van der Waals surface area contributed by atoms with Crippen molar-refractivity contribution in [3.63, 3.8) is 0 Å². The lowest BCUT2D eigenvalue weighted by atomic mass is 9.85. The average Bonchev–Trinajstić information content (AvgIpc) is 2.99. The Bertz CT molecular complexity index is 994. The maximum Gasteiger partial charge on any atom is 0.325 e. The SMILES string of the molecule is CCOc1ccccc1NC(=O)CN1C(=O)NC(CCC(=O)O)(c2ccccc2)C1=O. The minimum Gasteiger partial charge on any atom is -0.492 e. The monoisotopic (exact) mass is 425 g/mol. The summed E-state index contributed by atoms with van der Waals surface area (Å²) >= 11 is 0. The summed E-state index contributed by atoms with van der Waals surface area (Å²) in [6.07, 6.45) is -0.467. The molecule has 1 aliphatic rings. The maximum atomic E-state index is 13.3. The molecule has 9 nitrogen and oxygen atoms in total. The number of para-hydroxylation sites is 2. The van der Waals surface area contributed by atoms with Crippen LogP contribution in [-0.2, 0) is 19.9 Å². The van der Waals surface area contributed by atoms with Crippen molar-refractivity contribution in [1.29, 1.82) is 0 Å². The normalized spacial score (nSPS) is 17.9. The molecule has 9 heteroatoms. The van der Waals surface area contributed by atoms with E-state index in [9.17, 15) is 19.2 Å². The average molecular weight is 425 g/mol. The minimum atomic E-state index is -1.54. The number of nitrogens with zero attached hydrogens (tertiary/aromatic N) is 1. The van der Waals surface area contributed by atoms with E-state index in [1.165, 1.54) is 0 Å². The van der Waals surface area contributed by atoms with Gasteiger partial charge in [-0.2, -0.15) is 0 Å². The molecule has 0 aromatic heterocycles. The highest BCUT2D eigenvalue weighted by Gasteiger charge is 2.52. The summed E-state index contributed by atoms with van der Waals surface area (Å²) in [5, 5.41) is 14.4. The molecule has 162 valence electrons. The number of urea groups is 1. The fraction of sp³-hybridized carbons (Fsp3) is 0.273. The second-order valence-corrected chi connectivity index (χ2v) is 6.96. The lowest BCUT2D eigenvalue weighted by Crippen LogP contribution is -2.45. The molecule has 0 aliphatic carbocycles. The lowest BCUT2D eigenvalue weighted by molar-refractivity contribution is -0.138. The number of ether oxygens (including phenoxy) is 1. The van der Waals surface area contributed by atoms with Crippen molar-refractivity contribution in [2.45, 2.75) is 25.3 Å². The van der Waals surface area contributed by atoms with Gasteiger partial charge >= 0.3 is 12.0 Å². The largest absolute Gasteiger partial charge is 0.492 e. The Morgan fingerprint density at radius 3 is 2.45 bits per heavy atom. The standard InChI is InChI=1S/C22H23N3O6/c1-2-31-17-11-7-6-10-16(17)23-18(26)14-25-20(29)22(24-21(25)30,13-12-19(27)28)15-8-4-3-5-9-15/h3-11H,2,12-14H2,1H3,(H,23,26)(H,24,30)(H,27,28). The second-order valence-electron chi connectivity index (χ2n) is 6.96. The first-order valence-electron chi connectivity index (χ1n) is 9.80. The summed E-state index contributed by atoms with van der Waals surface area (Å²) in [5.41, 5.74) is -0.666. The number of rotatable bonds is 9.